The van der Waals surface area contributed by atoms with E-state index in [9.17, 15) is 19.1 Å². The summed E-state index contributed by atoms with van der Waals surface area (Å²) in [5.74, 6) is -2.64. The lowest BCUT2D eigenvalue weighted by Crippen LogP contribution is -2.42. The van der Waals surface area contributed by atoms with Crippen LogP contribution in [0.3, 0.4) is 0 Å². The highest BCUT2D eigenvalue weighted by Crippen LogP contribution is 2.41. The number of likely N-dealkylation sites (N-methyl/N-ethyl adjacent to an activating group) is 1. The van der Waals surface area contributed by atoms with Gasteiger partial charge in [0.15, 0.2) is 0 Å². The lowest BCUT2D eigenvalue weighted by molar-refractivity contribution is -0.753. The molecule has 0 saturated heterocycles. The number of nitriles is 1. The molecule has 0 radical (unpaired) electrons. The van der Waals surface area contributed by atoms with Gasteiger partial charge in [0.05, 0.1) is 28.9 Å². The first-order chi connectivity index (χ1) is 26.4. The van der Waals surface area contributed by atoms with Gasteiger partial charge in [0.1, 0.15) is 36.2 Å². The van der Waals surface area contributed by atoms with Gasteiger partial charge in [-0.2, -0.15) is 9.83 Å². The number of thiazole rings is 1. The van der Waals surface area contributed by atoms with Gasteiger partial charge >= 0.3 is 12.1 Å². The molecular weight excluding hydrogens is 779 g/mol. The van der Waals surface area contributed by atoms with Gasteiger partial charge in [0.2, 0.25) is 23.0 Å². The predicted octanol–water partition coefficient (Wildman–Crippen LogP) is 3.59. The minimum Gasteiger partial charge on any atom is -0.726 e. The van der Waals surface area contributed by atoms with E-state index in [1.54, 1.807) is 62.7 Å². The molecule has 0 aliphatic heterocycles. The van der Waals surface area contributed by atoms with Gasteiger partial charge < -0.3 is 24.4 Å². The Morgan fingerprint density at radius 2 is 1.89 bits per heavy atom. The Hall–Kier alpha value is -5.76. The fourth-order valence-electron chi connectivity index (χ4n) is 5.25. The number of amides is 1. The van der Waals surface area contributed by atoms with Gasteiger partial charge in [0, 0.05) is 53.3 Å². The van der Waals surface area contributed by atoms with E-state index in [0.717, 1.165) is 23.8 Å². The molecule has 1 amide bonds. The summed E-state index contributed by atoms with van der Waals surface area (Å²) in [4.78, 5) is 35.1. The van der Waals surface area contributed by atoms with E-state index >= 15 is 4.39 Å². The van der Waals surface area contributed by atoms with Crippen LogP contribution in [0.2, 0.25) is 0 Å². The van der Waals surface area contributed by atoms with Crippen molar-refractivity contribution < 1.29 is 55.0 Å². The molecule has 5 aromatic rings. The lowest BCUT2D eigenvalue weighted by Gasteiger charge is -2.32. The third-order valence-corrected chi connectivity index (χ3v) is 9.20. The highest BCUT2D eigenvalue weighted by Gasteiger charge is 2.43. The first kappa shape index (κ1) is 43.0. The van der Waals surface area contributed by atoms with E-state index in [1.165, 1.54) is 51.4 Å². The number of rotatable bonds is 13. The molecule has 296 valence electrons. The number of aromatic nitrogens is 5. The van der Waals surface area contributed by atoms with Crippen LogP contribution in [0.4, 0.5) is 19.4 Å². The van der Waals surface area contributed by atoms with Gasteiger partial charge in [-0.15, -0.1) is 16.0 Å². The molecule has 0 saturated carbocycles. The van der Waals surface area contributed by atoms with Crippen LogP contribution in [0.1, 0.15) is 47.7 Å². The average Bonchev–Trinajstić information content (AvgIpc) is 3.84. The molecule has 17 nitrogen and oxygen atoms in total. The summed E-state index contributed by atoms with van der Waals surface area (Å²) in [5.41, 5.74) is 0.000750. The number of aliphatic hydroxyl groups is 1. The van der Waals surface area contributed by atoms with Crippen molar-refractivity contribution in [2.75, 3.05) is 25.5 Å². The molecule has 3 N–H and O–H groups in total. The number of anilines is 1. The fraction of sp³-hybridized carbons (Fsp3) is 0.286. The maximum atomic E-state index is 15.3. The van der Waals surface area contributed by atoms with E-state index in [1.807, 2.05) is 0 Å². The zero-order chi connectivity index (χ0) is 41.2. The molecule has 56 heavy (non-hydrogen) atoms. The number of halogens is 2. The van der Waals surface area contributed by atoms with Crippen LogP contribution in [0.5, 0.6) is 0 Å². The third kappa shape index (κ3) is 11.4. The number of pyridine rings is 1. The van der Waals surface area contributed by atoms with E-state index in [0.29, 0.717) is 21.8 Å². The van der Waals surface area contributed by atoms with Crippen molar-refractivity contribution in [1.29, 1.82) is 5.26 Å². The van der Waals surface area contributed by atoms with E-state index < -0.39 is 51.8 Å². The molecule has 5 rings (SSSR count). The summed E-state index contributed by atoms with van der Waals surface area (Å²) in [6.07, 6.45) is 2.65. The maximum Gasteiger partial charge on any atom is 0.418 e. The van der Waals surface area contributed by atoms with E-state index in [2.05, 4.69) is 21.5 Å². The number of benzene rings is 2. The minimum absolute atomic E-state index is 0.0229. The van der Waals surface area contributed by atoms with Crippen molar-refractivity contribution in [3.63, 3.8) is 0 Å². The number of hydrogen-bond acceptors (Lipinski definition) is 14. The maximum absolute atomic E-state index is 15.3. The number of hydrogen-bond donors (Lipinski definition) is 3. The van der Waals surface area contributed by atoms with Crippen LogP contribution in [-0.2, 0) is 43.4 Å². The molecule has 0 aliphatic rings. The first-order valence-electron chi connectivity index (χ1n) is 16.4. The second-order valence-corrected chi connectivity index (χ2v) is 13.8. The van der Waals surface area contributed by atoms with Gasteiger partial charge in [-0.3, -0.25) is 14.2 Å². The highest BCUT2D eigenvalue weighted by atomic mass is 32.3. The van der Waals surface area contributed by atoms with Gasteiger partial charge in [-0.1, -0.05) is 25.1 Å². The summed E-state index contributed by atoms with van der Waals surface area (Å²) in [6.45, 7) is 2.85. The van der Waals surface area contributed by atoms with Crippen molar-refractivity contribution in [2.45, 2.75) is 44.7 Å². The number of esters is 1. The number of nitrogens with one attached hydrogen (secondary N) is 1. The van der Waals surface area contributed by atoms with Crippen molar-refractivity contribution >= 4 is 39.6 Å². The topological polar surface area (TPSA) is 237 Å². The number of nitrogens with zero attached hydrogens (tertiary/aromatic N) is 7. The van der Waals surface area contributed by atoms with Crippen molar-refractivity contribution in [3.05, 3.63) is 112 Å². The van der Waals surface area contributed by atoms with Crippen molar-refractivity contribution in [1.82, 2.24) is 25.1 Å². The summed E-state index contributed by atoms with van der Waals surface area (Å²) < 4.78 is 76.4. The molecule has 0 bridgehead atoms. The normalized spacial score (nSPS) is 13.3. The molecule has 21 heteroatoms. The summed E-state index contributed by atoms with van der Waals surface area (Å²) >= 11 is 1.25. The monoisotopic (exact) mass is 814 g/mol. The van der Waals surface area contributed by atoms with Crippen LogP contribution in [-0.4, -0.2) is 75.1 Å². The standard InChI is InChI=1S/C35H35F2N8O5S.H2O4S/c1-22(33-42-30(18-51-33)25-9-7-24(15-38)8-10-25)35(48,28-14-27(36)11-12-29(28)37)19-45-21-44(20-41-45)23(2)50-34(47)43(4)32-26(6-5-13-40-32)17-49-31(46)16-39-3;1-5(2,3)4/h5-14,18,20-23,39,48H,16-17,19H2,1-4H3;(H2,1,2,3,4)/q+1;/p-1/t22?,23?,35-;/m1./s1. The Labute approximate surface area is 324 Å². The molecule has 3 heterocycles. The zero-order valence-corrected chi connectivity index (χ0v) is 31.9. The molecule has 3 atom stereocenters. The fourth-order valence-corrected chi connectivity index (χ4v) is 6.22. The number of carbonyl (C=O) groups excluding carboxylic acids is 2. The summed E-state index contributed by atoms with van der Waals surface area (Å²) in [5, 5.41) is 30.6. The second-order valence-electron chi connectivity index (χ2n) is 12.1. The third-order valence-electron chi connectivity index (χ3n) is 8.18. The van der Waals surface area contributed by atoms with Crippen LogP contribution in [0, 0.1) is 23.0 Å². The largest absolute Gasteiger partial charge is 0.726 e. The molecule has 0 aliphatic carbocycles. The van der Waals surface area contributed by atoms with Crippen LogP contribution < -0.4 is 14.8 Å². The van der Waals surface area contributed by atoms with Crippen LogP contribution >= 0.6 is 11.3 Å². The molecule has 2 unspecified atom stereocenters. The number of ether oxygens (including phenoxy) is 2. The highest BCUT2D eigenvalue weighted by molar-refractivity contribution is 7.79. The second kappa shape index (κ2) is 18.7. The van der Waals surface area contributed by atoms with Gasteiger partial charge in [-0.25, -0.2) is 32.0 Å². The zero-order valence-electron chi connectivity index (χ0n) is 30.2. The van der Waals surface area contributed by atoms with Crippen LogP contribution in [0.15, 0.2) is 78.8 Å². The first-order valence-corrected chi connectivity index (χ1v) is 18.6. The summed E-state index contributed by atoms with van der Waals surface area (Å²) in [6, 6.07) is 15.1. The predicted molar refractivity (Wildman–Crippen MR) is 193 cm³/mol. The molecule has 0 fully saturated rings. The van der Waals surface area contributed by atoms with Crippen molar-refractivity contribution in [2.24, 2.45) is 0 Å². The Morgan fingerprint density at radius 3 is 2.55 bits per heavy atom. The lowest BCUT2D eigenvalue weighted by atomic mass is 9.82. The molecule has 2 aromatic carbocycles. The Morgan fingerprint density at radius 1 is 1.20 bits per heavy atom. The smallest absolute Gasteiger partial charge is 0.418 e. The minimum atomic E-state index is -4.92. The molecule has 3 aromatic heterocycles. The summed E-state index contributed by atoms with van der Waals surface area (Å²) in [7, 11) is -1.84. The SMILES string of the molecule is CNCC(=O)OCc1cccnc1N(C)C(=O)OC(C)[n+]1cnn(C[C@](O)(c2cc(F)ccc2F)C(C)c2nc(-c3ccc(C#N)cc3)cs2)c1.O=S(=O)([O-])O. The Kier molecular flexibility index (Phi) is 14.4. The Balaban J connectivity index is 0.00000131. The quantitative estimate of drug-likeness (QED) is 0.0667. The molecular formula is C35H36F2N8O9S2. The number of carbonyl (C=O) groups is 2. The Bertz CT molecular complexity index is 2290. The van der Waals surface area contributed by atoms with Gasteiger partial charge in [-0.05, 0) is 43.4 Å². The van der Waals surface area contributed by atoms with Crippen molar-refractivity contribution in [3.8, 4) is 17.3 Å². The molecule has 0 spiro atoms. The van der Waals surface area contributed by atoms with E-state index in [4.69, 9.17) is 37.2 Å². The van der Waals surface area contributed by atoms with E-state index in [-0.39, 0.29) is 31.1 Å². The van der Waals surface area contributed by atoms with Crippen LogP contribution in [0.25, 0.3) is 11.3 Å². The average molecular weight is 815 g/mol. The van der Waals surface area contributed by atoms with Gasteiger partial charge in [0.25, 0.3) is 6.33 Å².